The van der Waals surface area contributed by atoms with Gasteiger partial charge in [0.2, 0.25) is 0 Å². The molecule has 27 heavy (non-hydrogen) atoms. The van der Waals surface area contributed by atoms with Crippen LogP contribution in [0.15, 0.2) is 66.9 Å². The molecule has 0 bridgehead atoms. The highest BCUT2D eigenvalue weighted by atomic mass is 16.5. The van der Waals surface area contributed by atoms with E-state index in [1.807, 2.05) is 28.9 Å². The molecule has 140 valence electrons. The zero-order valence-electron chi connectivity index (χ0n) is 15.9. The molecule has 1 aliphatic heterocycles. The maximum absolute atomic E-state index is 5.91. The third kappa shape index (κ3) is 4.46. The molecule has 2 aromatic carbocycles. The van der Waals surface area contributed by atoms with Crippen LogP contribution in [0.4, 0.5) is 0 Å². The first-order valence-electron chi connectivity index (χ1n) is 9.79. The molecular formula is C23H27N3O. The number of para-hydroxylation sites is 1. The molecule has 0 N–H and O–H groups in total. The van der Waals surface area contributed by atoms with Crippen LogP contribution in [0, 0.1) is 0 Å². The number of hydrogen-bond acceptors (Lipinski definition) is 3. The number of ether oxygens (including phenoxy) is 1. The Labute approximate surface area is 161 Å². The summed E-state index contributed by atoms with van der Waals surface area (Å²) >= 11 is 0. The molecule has 0 amide bonds. The number of hydrogen-bond donors (Lipinski definition) is 0. The Hall–Kier alpha value is -2.43. The van der Waals surface area contributed by atoms with Gasteiger partial charge in [0.25, 0.3) is 0 Å². The molecule has 4 rings (SSSR count). The molecule has 1 aliphatic rings. The van der Waals surface area contributed by atoms with Gasteiger partial charge in [-0.25, -0.2) is 4.68 Å². The lowest BCUT2D eigenvalue weighted by molar-refractivity contribution is -0.00257. The van der Waals surface area contributed by atoms with Crippen LogP contribution in [0.25, 0.3) is 16.9 Å². The van der Waals surface area contributed by atoms with E-state index in [2.05, 4.69) is 54.5 Å². The molecule has 0 radical (unpaired) electrons. The Morgan fingerprint density at radius 2 is 1.78 bits per heavy atom. The summed E-state index contributed by atoms with van der Waals surface area (Å²) in [7, 11) is 2.17. The summed E-state index contributed by atoms with van der Waals surface area (Å²) in [4.78, 5) is 2.36. The van der Waals surface area contributed by atoms with Crippen molar-refractivity contribution >= 4 is 0 Å². The molecule has 4 nitrogen and oxygen atoms in total. The summed E-state index contributed by atoms with van der Waals surface area (Å²) in [5.41, 5.74) is 4.53. The van der Waals surface area contributed by atoms with Gasteiger partial charge in [-0.05, 0) is 38.4 Å². The minimum absolute atomic E-state index is 0.355. The van der Waals surface area contributed by atoms with Crippen LogP contribution < -0.4 is 0 Å². The Morgan fingerprint density at radius 3 is 2.48 bits per heavy atom. The second-order valence-corrected chi connectivity index (χ2v) is 7.33. The van der Waals surface area contributed by atoms with Crippen LogP contribution >= 0.6 is 0 Å². The third-order valence-electron chi connectivity index (χ3n) is 5.09. The van der Waals surface area contributed by atoms with Gasteiger partial charge in [0.15, 0.2) is 0 Å². The van der Waals surface area contributed by atoms with Crippen molar-refractivity contribution in [3.05, 3.63) is 72.4 Å². The first-order chi connectivity index (χ1) is 13.3. The monoisotopic (exact) mass is 361 g/mol. The van der Waals surface area contributed by atoms with Crippen molar-refractivity contribution in [1.82, 2.24) is 14.7 Å². The van der Waals surface area contributed by atoms with Gasteiger partial charge >= 0.3 is 0 Å². The van der Waals surface area contributed by atoms with E-state index in [1.165, 1.54) is 24.8 Å². The van der Waals surface area contributed by atoms with E-state index in [0.717, 1.165) is 36.6 Å². The van der Waals surface area contributed by atoms with Crippen LogP contribution in [-0.2, 0) is 11.3 Å². The largest absolute Gasteiger partial charge is 0.377 e. The second-order valence-electron chi connectivity index (χ2n) is 7.33. The molecule has 1 atom stereocenters. The van der Waals surface area contributed by atoms with Crippen molar-refractivity contribution in [2.24, 2.45) is 0 Å². The van der Waals surface area contributed by atoms with Crippen LogP contribution in [0.1, 0.15) is 24.8 Å². The Balaban J connectivity index is 1.59. The van der Waals surface area contributed by atoms with E-state index in [-0.39, 0.29) is 0 Å². The smallest absolute Gasteiger partial charge is 0.0972 e. The topological polar surface area (TPSA) is 30.3 Å². The predicted octanol–water partition coefficient (Wildman–Crippen LogP) is 4.54. The van der Waals surface area contributed by atoms with Crippen LogP contribution in [0.3, 0.4) is 0 Å². The van der Waals surface area contributed by atoms with E-state index in [1.54, 1.807) is 0 Å². The van der Waals surface area contributed by atoms with Gasteiger partial charge in [-0.15, -0.1) is 0 Å². The molecule has 0 aliphatic carbocycles. The fourth-order valence-electron chi connectivity index (χ4n) is 3.73. The van der Waals surface area contributed by atoms with Gasteiger partial charge in [0.05, 0.1) is 17.5 Å². The normalized spacial score (nSPS) is 17.3. The molecule has 4 heteroatoms. The van der Waals surface area contributed by atoms with Gasteiger partial charge in [-0.3, -0.25) is 4.90 Å². The van der Waals surface area contributed by atoms with Crippen molar-refractivity contribution in [1.29, 1.82) is 0 Å². The van der Waals surface area contributed by atoms with Crippen LogP contribution in [0.2, 0.25) is 0 Å². The minimum Gasteiger partial charge on any atom is -0.377 e. The summed E-state index contributed by atoms with van der Waals surface area (Å²) in [6.07, 6.45) is 6.16. The first-order valence-corrected chi connectivity index (χ1v) is 9.79. The molecule has 1 aromatic heterocycles. The van der Waals surface area contributed by atoms with Gasteiger partial charge in [0, 0.05) is 37.0 Å². The number of aromatic nitrogens is 2. The van der Waals surface area contributed by atoms with Crippen LogP contribution in [0.5, 0.6) is 0 Å². The zero-order chi connectivity index (χ0) is 18.5. The highest BCUT2D eigenvalue weighted by Crippen LogP contribution is 2.25. The lowest BCUT2D eigenvalue weighted by atomic mass is 10.1. The molecule has 0 spiro atoms. The summed E-state index contributed by atoms with van der Waals surface area (Å²) in [6.45, 7) is 2.72. The molecular weight excluding hydrogens is 334 g/mol. The van der Waals surface area contributed by atoms with Crippen molar-refractivity contribution in [3.8, 4) is 16.9 Å². The minimum atomic E-state index is 0.355. The van der Waals surface area contributed by atoms with Crippen molar-refractivity contribution < 1.29 is 4.74 Å². The van der Waals surface area contributed by atoms with E-state index >= 15 is 0 Å². The van der Waals surface area contributed by atoms with Gasteiger partial charge in [0.1, 0.15) is 0 Å². The maximum atomic E-state index is 5.91. The highest BCUT2D eigenvalue weighted by Gasteiger charge is 2.18. The Bertz CT molecular complexity index is 839. The number of rotatable bonds is 6. The standard InChI is InChI=1S/C23H27N3O/c1-25(18-22-14-8-9-15-27-22)16-20-17-26(21-12-6-3-7-13-21)24-23(20)19-10-4-2-5-11-19/h2-7,10-13,17,22H,8-9,14-16,18H2,1H3/t22-/m0/s1. The molecule has 1 fully saturated rings. The molecule has 3 aromatic rings. The fourth-order valence-corrected chi connectivity index (χ4v) is 3.73. The average Bonchev–Trinajstić information content (AvgIpc) is 3.14. The summed E-state index contributed by atoms with van der Waals surface area (Å²) < 4.78 is 7.90. The van der Waals surface area contributed by atoms with Gasteiger partial charge in [-0.1, -0.05) is 48.5 Å². The second kappa shape index (κ2) is 8.51. The number of nitrogens with zero attached hydrogens (tertiary/aromatic N) is 3. The van der Waals surface area contributed by atoms with Gasteiger partial charge in [-0.2, -0.15) is 5.10 Å². The lowest BCUT2D eigenvalue weighted by Crippen LogP contribution is -2.33. The summed E-state index contributed by atoms with van der Waals surface area (Å²) in [5.74, 6) is 0. The Kier molecular flexibility index (Phi) is 5.66. The average molecular weight is 361 g/mol. The van der Waals surface area contributed by atoms with Gasteiger partial charge < -0.3 is 4.74 Å². The third-order valence-corrected chi connectivity index (χ3v) is 5.09. The molecule has 0 saturated carbocycles. The maximum Gasteiger partial charge on any atom is 0.0972 e. The first kappa shape index (κ1) is 18.0. The van der Waals surface area contributed by atoms with E-state index in [4.69, 9.17) is 9.84 Å². The number of benzene rings is 2. The number of likely N-dealkylation sites (N-methyl/N-ethyl adjacent to an activating group) is 1. The highest BCUT2D eigenvalue weighted by molar-refractivity contribution is 5.63. The van der Waals surface area contributed by atoms with Crippen molar-refractivity contribution in [2.45, 2.75) is 31.9 Å². The summed E-state index contributed by atoms with van der Waals surface area (Å²) in [6, 6.07) is 20.7. The van der Waals surface area contributed by atoms with E-state index in [0.29, 0.717) is 6.10 Å². The zero-order valence-corrected chi connectivity index (χ0v) is 15.9. The molecule has 2 heterocycles. The predicted molar refractivity (Wildman–Crippen MR) is 109 cm³/mol. The summed E-state index contributed by atoms with van der Waals surface area (Å²) in [5, 5.41) is 4.91. The lowest BCUT2D eigenvalue weighted by Gasteiger charge is -2.27. The van der Waals surface area contributed by atoms with Crippen LogP contribution in [-0.4, -0.2) is 41.0 Å². The molecule has 1 saturated heterocycles. The molecule has 0 unspecified atom stereocenters. The quantitative estimate of drug-likeness (QED) is 0.646. The SMILES string of the molecule is CN(Cc1cn(-c2ccccc2)nc1-c1ccccc1)C[C@@H]1CCCCO1. The van der Waals surface area contributed by atoms with Crippen molar-refractivity contribution in [3.63, 3.8) is 0 Å². The Morgan fingerprint density at radius 1 is 1.04 bits per heavy atom. The van der Waals surface area contributed by atoms with E-state index < -0.39 is 0 Å². The fraction of sp³-hybridized carbons (Fsp3) is 0.348. The van der Waals surface area contributed by atoms with Crippen molar-refractivity contribution in [2.75, 3.05) is 20.2 Å². The van der Waals surface area contributed by atoms with E-state index in [9.17, 15) is 0 Å².